The molecule has 2 heterocycles. The number of hydrogen-bond acceptors (Lipinski definition) is 3. The number of H-pyrrole nitrogens is 1. The van der Waals surface area contributed by atoms with Crippen LogP contribution in [0.2, 0.25) is 0 Å². The number of nitrogens with zero attached hydrogens (tertiary/aromatic N) is 2. The smallest absolute Gasteiger partial charge is 0.141 e. The zero-order valence-corrected chi connectivity index (χ0v) is 8.88. The van der Waals surface area contributed by atoms with Gasteiger partial charge >= 0.3 is 0 Å². The lowest BCUT2D eigenvalue weighted by Gasteiger charge is -2.01. The van der Waals surface area contributed by atoms with Gasteiger partial charge in [-0.3, -0.25) is 4.98 Å². The highest BCUT2D eigenvalue weighted by Crippen LogP contribution is 2.15. The van der Waals surface area contributed by atoms with Gasteiger partial charge in [-0.25, -0.2) is 4.39 Å². The van der Waals surface area contributed by atoms with Crippen LogP contribution in [0.1, 0.15) is 5.56 Å². The molecule has 0 aliphatic rings. The maximum Gasteiger partial charge on any atom is 0.141 e. The fourth-order valence-corrected chi connectivity index (χ4v) is 1.47. The average molecular weight is 231 g/mol. The molecule has 0 unspecified atom stereocenters. The van der Waals surface area contributed by atoms with Crippen molar-refractivity contribution < 1.29 is 4.39 Å². The lowest BCUT2D eigenvalue weighted by molar-refractivity contribution is 0.622. The average Bonchev–Trinajstić information content (AvgIpc) is 2.30. The molecule has 5 heteroatoms. The first-order valence-electron chi connectivity index (χ1n) is 4.46. The van der Waals surface area contributed by atoms with E-state index in [0.29, 0.717) is 21.6 Å². The van der Waals surface area contributed by atoms with E-state index >= 15 is 0 Å². The van der Waals surface area contributed by atoms with Gasteiger partial charge in [0.15, 0.2) is 0 Å². The van der Waals surface area contributed by atoms with Crippen molar-refractivity contribution in [2.45, 2.75) is 0 Å². The van der Waals surface area contributed by atoms with Crippen LogP contribution in [0.3, 0.4) is 0 Å². The van der Waals surface area contributed by atoms with Gasteiger partial charge in [0, 0.05) is 0 Å². The molecule has 0 spiro atoms. The van der Waals surface area contributed by atoms with E-state index in [0.717, 1.165) is 6.20 Å². The van der Waals surface area contributed by atoms with E-state index in [1.165, 1.54) is 6.07 Å². The quantitative estimate of drug-likeness (QED) is 0.768. The summed E-state index contributed by atoms with van der Waals surface area (Å²) < 4.78 is 13.0. The van der Waals surface area contributed by atoms with Crippen LogP contribution < -0.4 is 0 Å². The van der Waals surface area contributed by atoms with E-state index in [2.05, 4.69) is 9.97 Å². The highest BCUT2D eigenvalue weighted by atomic mass is 32.1. The van der Waals surface area contributed by atoms with Gasteiger partial charge in [0.25, 0.3) is 0 Å². The number of hydrogen-bond donors (Lipinski definition) is 1. The van der Waals surface area contributed by atoms with Gasteiger partial charge in [0.1, 0.15) is 16.5 Å². The molecule has 3 nitrogen and oxygen atoms in total. The second kappa shape index (κ2) is 4.21. The van der Waals surface area contributed by atoms with Gasteiger partial charge in [0.05, 0.1) is 23.1 Å². The molecular weight excluding hydrogens is 225 g/mol. The third-order valence-electron chi connectivity index (χ3n) is 2.03. The zero-order chi connectivity index (χ0) is 11.5. The monoisotopic (exact) mass is 231 g/mol. The topological polar surface area (TPSA) is 52.5 Å². The van der Waals surface area contributed by atoms with E-state index < -0.39 is 5.82 Å². The van der Waals surface area contributed by atoms with Crippen LogP contribution >= 0.6 is 12.2 Å². The third kappa shape index (κ3) is 1.97. The highest BCUT2D eigenvalue weighted by molar-refractivity contribution is 7.71. The molecule has 0 atom stereocenters. The maximum atomic E-state index is 12.7. The Morgan fingerprint density at radius 3 is 2.69 bits per heavy atom. The molecule has 2 rings (SSSR count). The van der Waals surface area contributed by atoms with Gasteiger partial charge in [-0.15, -0.1) is 0 Å². The van der Waals surface area contributed by atoms with Crippen molar-refractivity contribution in [3.8, 4) is 17.5 Å². The minimum Gasteiger partial charge on any atom is -0.344 e. The Balaban J connectivity index is 2.50. The molecular formula is C11H6FN3S. The minimum atomic E-state index is -0.393. The molecule has 0 fully saturated rings. The Bertz CT molecular complexity index is 610. The molecule has 0 saturated carbocycles. The van der Waals surface area contributed by atoms with E-state index in [4.69, 9.17) is 17.5 Å². The summed E-state index contributed by atoms with van der Waals surface area (Å²) in [7, 11) is 0. The van der Waals surface area contributed by atoms with Gasteiger partial charge in [-0.2, -0.15) is 5.26 Å². The van der Waals surface area contributed by atoms with E-state index in [1.54, 1.807) is 18.2 Å². The summed E-state index contributed by atoms with van der Waals surface area (Å²) in [5.41, 5.74) is 1.64. The molecule has 2 aromatic rings. The van der Waals surface area contributed by atoms with Gasteiger partial charge in [-0.1, -0.05) is 12.2 Å². The number of aromatic nitrogens is 2. The van der Waals surface area contributed by atoms with Gasteiger partial charge < -0.3 is 4.98 Å². The molecule has 0 aromatic carbocycles. The molecule has 0 aliphatic carbocycles. The summed E-state index contributed by atoms with van der Waals surface area (Å²) >= 11 is 4.98. The second-order valence-corrected chi connectivity index (χ2v) is 3.50. The highest BCUT2D eigenvalue weighted by Gasteiger charge is 2.01. The van der Waals surface area contributed by atoms with Crippen LogP contribution in [-0.2, 0) is 0 Å². The number of pyridine rings is 2. The van der Waals surface area contributed by atoms with E-state index in [-0.39, 0.29) is 0 Å². The summed E-state index contributed by atoms with van der Waals surface area (Å²) in [6, 6.07) is 8.13. The zero-order valence-electron chi connectivity index (χ0n) is 8.07. The van der Waals surface area contributed by atoms with Crippen molar-refractivity contribution in [3.05, 3.63) is 46.5 Å². The Morgan fingerprint density at radius 2 is 2.12 bits per heavy atom. The number of halogens is 1. The fraction of sp³-hybridized carbons (Fsp3) is 0. The first kappa shape index (κ1) is 10.5. The molecule has 0 saturated heterocycles. The van der Waals surface area contributed by atoms with Crippen molar-refractivity contribution in [1.29, 1.82) is 5.26 Å². The number of rotatable bonds is 1. The molecule has 2 aromatic heterocycles. The largest absolute Gasteiger partial charge is 0.344 e. The number of nitrogens with one attached hydrogen (secondary N) is 1. The van der Waals surface area contributed by atoms with Crippen molar-refractivity contribution in [3.63, 3.8) is 0 Å². The van der Waals surface area contributed by atoms with E-state index in [9.17, 15) is 4.39 Å². The first-order chi connectivity index (χ1) is 7.70. The molecule has 16 heavy (non-hydrogen) atoms. The molecule has 78 valence electrons. The van der Waals surface area contributed by atoms with Crippen molar-refractivity contribution in [2.24, 2.45) is 0 Å². The second-order valence-electron chi connectivity index (χ2n) is 3.09. The van der Waals surface area contributed by atoms with Crippen LogP contribution in [0.25, 0.3) is 11.4 Å². The molecule has 0 amide bonds. The van der Waals surface area contributed by atoms with Crippen LogP contribution in [-0.4, -0.2) is 9.97 Å². The predicted octanol–water partition coefficient (Wildman–Crippen LogP) is 2.82. The first-order valence-corrected chi connectivity index (χ1v) is 4.87. The van der Waals surface area contributed by atoms with Gasteiger partial charge in [-0.05, 0) is 24.3 Å². The molecule has 0 radical (unpaired) electrons. The summed E-state index contributed by atoms with van der Waals surface area (Å²) in [5.74, 6) is -0.393. The van der Waals surface area contributed by atoms with Crippen molar-refractivity contribution >= 4 is 12.2 Å². The summed E-state index contributed by atoms with van der Waals surface area (Å²) in [5, 5.41) is 8.71. The summed E-state index contributed by atoms with van der Waals surface area (Å²) in [6.45, 7) is 0. The third-order valence-corrected chi connectivity index (χ3v) is 2.36. The SMILES string of the molecule is N#Cc1ccc(-c2ccc(F)cn2)[nH]c1=S. The van der Waals surface area contributed by atoms with Crippen molar-refractivity contribution in [2.75, 3.05) is 0 Å². The van der Waals surface area contributed by atoms with Crippen molar-refractivity contribution in [1.82, 2.24) is 9.97 Å². The lowest BCUT2D eigenvalue weighted by Crippen LogP contribution is -1.90. The van der Waals surface area contributed by atoms with Crippen LogP contribution in [0.4, 0.5) is 4.39 Å². The van der Waals surface area contributed by atoms with Crippen LogP contribution in [0.15, 0.2) is 30.5 Å². The summed E-state index contributed by atoms with van der Waals surface area (Å²) in [6.07, 6.45) is 1.13. The predicted molar refractivity (Wildman–Crippen MR) is 59.5 cm³/mol. The molecule has 0 aliphatic heterocycles. The summed E-state index contributed by atoms with van der Waals surface area (Å²) in [4.78, 5) is 6.78. The number of aromatic amines is 1. The van der Waals surface area contributed by atoms with E-state index in [1.807, 2.05) is 6.07 Å². The number of nitriles is 1. The Kier molecular flexibility index (Phi) is 2.75. The Morgan fingerprint density at radius 1 is 1.31 bits per heavy atom. The van der Waals surface area contributed by atoms with Crippen LogP contribution in [0.5, 0.6) is 0 Å². The van der Waals surface area contributed by atoms with Gasteiger partial charge in [0.2, 0.25) is 0 Å². The molecule has 0 bridgehead atoms. The fourth-order valence-electron chi connectivity index (χ4n) is 1.25. The Labute approximate surface area is 96.2 Å². The lowest BCUT2D eigenvalue weighted by atomic mass is 10.2. The molecule has 1 N–H and O–H groups in total. The minimum absolute atomic E-state index is 0.353. The Hall–Kier alpha value is -2.06. The normalized spacial score (nSPS) is 9.75. The maximum absolute atomic E-state index is 12.7. The van der Waals surface area contributed by atoms with Crippen LogP contribution in [0, 0.1) is 21.8 Å². The standard InChI is InChI=1S/C11H6FN3S/c12-8-2-4-9(14-6-8)10-3-1-7(5-13)11(16)15-10/h1-4,6H,(H,15,16).